The van der Waals surface area contributed by atoms with Crippen molar-refractivity contribution in [2.75, 3.05) is 0 Å². The van der Waals surface area contributed by atoms with Crippen molar-refractivity contribution in [2.45, 2.75) is 32.6 Å². The number of fused-ring (bicyclic) bond motifs is 1. The third-order valence-electron chi connectivity index (χ3n) is 4.46. The largest absolute Gasteiger partial charge is 0.478 e. The van der Waals surface area contributed by atoms with Crippen LogP contribution in [0.2, 0.25) is 0 Å². The van der Waals surface area contributed by atoms with E-state index in [-0.39, 0.29) is 5.92 Å². The van der Waals surface area contributed by atoms with Crippen molar-refractivity contribution in [3.05, 3.63) is 69.5 Å². The van der Waals surface area contributed by atoms with Crippen molar-refractivity contribution < 1.29 is 9.90 Å². The van der Waals surface area contributed by atoms with Crippen LogP contribution < -0.4 is 0 Å². The lowest BCUT2D eigenvalue weighted by molar-refractivity contribution is 0.0696. The Kier molecular flexibility index (Phi) is 4.71. The van der Waals surface area contributed by atoms with Crippen molar-refractivity contribution >= 4 is 27.4 Å². The van der Waals surface area contributed by atoms with E-state index in [0.717, 1.165) is 27.6 Å². The van der Waals surface area contributed by atoms with Crippen molar-refractivity contribution in [1.29, 1.82) is 0 Å². The van der Waals surface area contributed by atoms with Crippen molar-refractivity contribution in [2.24, 2.45) is 0 Å². The van der Waals surface area contributed by atoms with Gasteiger partial charge in [-0.3, -0.25) is 0 Å². The van der Waals surface area contributed by atoms with Gasteiger partial charge in [-0.15, -0.1) is 0 Å². The van der Waals surface area contributed by atoms with Crippen LogP contribution in [0.25, 0.3) is 5.52 Å². The fourth-order valence-corrected chi connectivity index (χ4v) is 3.23. The maximum Gasteiger partial charge on any atom is 0.338 e. The van der Waals surface area contributed by atoms with Crippen LogP contribution in [0.5, 0.6) is 0 Å². The van der Waals surface area contributed by atoms with E-state index in [1.165, 1.54) is 0 Å². The monoisotopic (exact) mass is 386 g/mol. The van der Waals surface area contributed by atoms with Crippen molar-refractivity contribution in [1.82, 2.24) is 9.61 Å². The quantitative estimate of drug-likeness (QED) is 0.678. The molecule has 5 heteroatoms. The Morgan fingerprint density at radius 2 is 2.00 bits per heavy atom. The topological polar surface area (TPSA) is 54.6 Å². The van der Waals surface area contributed by atoms with E-state index in [0.29, 0.717) is 17.5 Å². The zero-order valence-electron chi connectivity index (χ0n) is 13.7. The molecule has 0 radical (unpaired) electrons. The van der Waals surface area contributed by atoms with E-state index >= 15 is 0 Å². The number of hydrogen-bond acceptors (Lipinski definition) is 2. The third-order valence-corrected chi connectivity index (χ3v) is 4.99. The average Bonchev–Trinajstić information content (AvgIpc) is 2.98. The lowest BCUT2D eigenvalue weighted by Crippen LogP contribution is -2.09. The van der Waals surface area contributed by atoms with Gasteiger partial charge >= 0.3 is 5.97 Å². The van der Waals surface area contributed by atoms with Crippen LogP contribution in [0.15, 0.2) is 47.2 Å². The van der Waals surface area contributed by atoms with Gasteiger partial charge in [0, 0.05) is 22.7 Å². The molecule has 0 bridgehead atoms. The highest BCUT2D eigenvalue weighted by atomic mass is 79.9. The number of carbonyl (C=O) groups is 1. The molecule has 0 aliphatic heterocycles. The third kappa shape index (κ3) is 3.08. The molecule has 0 amide bonds. The molecule has 1 atom stereocenters. The van der Waals surface area contributed by atoms with Gasteiger partial charge in [0.15, 0.2) is 0 Å². The van der Waals surface area contributed by atoms with Gasteiger partial charge in [-0.2, -0.15) is 5.10 Å². The van der Waals surface area contributed by atoms with Crippen LogP contribution in [0.4, 0.5) is 0 Å². The maximum absolute atomic E-state index is 12.0. The number of carboxylic acids is 1. The first-order valence-corrected chi connectivity index (χ1v) is 8.77. The highest BCUT2D eigenvalue weighted by molar-refractivity contribution is 9.10. The van der Waals surface area contributed by atoms with Gasteiger partial charge in [0.25, 0.3) is 0 Å². The molecule has 124 valence electrons. The van der Waals surface area contributed by atoms with E-state index in [1.54, 1.807) is 10.7 Å². The lowest BCUT2D eigenvalue weighted by Gasteiger charge is -2.14. The zero-order valence-corrected chi connectivity index (χ0v) is 15.2. The van der Waals surface area contributed by atoms with Crippen LogP contribution in [0, 0.1) is 0 Å². The van der Waals surface area contributed by atoms with E-state index in [4.69, 9.17) is 0 Å². The minimum atomic E-state index is -0.895. The number of carboxylic acid groups (broad SMARTS) is 1. The molecule has 2 heterocycles. The Balaban J connectivity index is 2.15. The van der Waals surface area contributed by atoms with Gasteiger partial charge < -0.3 is 5.11 Å². The number of rotatable bonds is 5. The number of aromatic nitrogens is 2. The summed E-state index contributed by atoms with van der Waals surface area (Å²) < 4.78 is 2.69. The van der Waals surface area contributed by atoms with E-state index in [1.807, 2.05) is 36.5 Å². The number of hydrogen-bond donors (Lipinski definition) is 1. The molecular weight excluding hydrogens is 368 g/mol. The second-order valence-electron chi connectivity index (χ2n) is 6.03. The summed E-state index contributed by atoms with van der Waals surface area (Å²) in [6.07, 6.45) is 5.17. The van der Waals surface area contributed by atoms with Crippen LogP contribution in [-0.2, 0) is 6.42 Å². The smallest absolute Gasteiger partial charge is 0.338 e. The Morgan fingerprint density at radius 1 is 1.29 bits per heavy atom. The Hall–Kier alpha value is -2.14. The molecule has 24 heavy (non-hydrogen) atoms. The van der Waals surface area contributed by atoms with Crippen LogP contribution in [0.3, 0.4) is 0 Å². The number of pyridine rings is 1. The van der Waals surface area contributed by atoms with Crippen molar-refractivity contribution in [3.63, 3.8) is 0 Å². The molecule has 3 rings (SSSR count). The fourth-order valence-electron chi connectivity index (χ4n) is 2.96. The van der Waals surface area contributed by atoms with Crippen molar-refractivity contribution in [3.8, 4) is 0 Å². The predicted octanol–water partition coefficient (Wildman–Crippen LogP) is 4.90. The summed E-state index contributed by atoms with van der Waals surface area (Å²) in [5.74, 6) is -0.704. The highest BCUT2D eigenvalue weighted by Gasteiger charge is 2.21. The average molecular weight is 387 g/mol. The first-order chi connectivity index (χ1) is 11.5. The second kappa shape index (κ2) is 6.77. The predicted molar refractivity (Wildman–Crippen MR) is 97.8 cm³/mol. The zero-order chi connectivity index (χ0) is 17.3. The number of halogens is 1. The summed E-state index contributed by atoms with van der Waals surface area (Å²) in [7, 11) is 0. The molecule has 0 saturated carbocycles. The second-order valence-corrected chi connectivity index (χ2v) is 6.94. The maximum atomic E-state index is 12.0. The summed E-state index contributed by atoms with van der Waals surface area (Å²) in [5.41, 5.74) is 3.99. The normalized spacial score (nSPS) is 12.5. The summed E-state index contributed by atoms with van der Waals surface area (Å²) in [6.45, 7) is 4.13. The molecule has 0 aliphatic rings. The molecule has 0 saturated heterocycles. The van der Waals surface area contributed by atoms with Gasteiger partial charge in [0.1, 0.15) is 0 Å². The van der Waals surface area contributed by atoms with Gasteiger partial charge in [-0.05, 0) is 41.7 Å². The SMILES string of the molecule is CCC(C)c1ccn2ncc(Cc3ccc(Br)cc3)c2c1C(=O)O. The molecule has 0 fully saturated rings. The van der Waals surface area contributed by atoms with Crippen LogP contribution in [-0.4, -0.2) is 20.7 Å². The number of aromatic carboxylic acids is 1. The minimum Gasteiger partial charge on any atom is -0.478 e. The van der Waals surface area contributed by atoms with E-state index in [2.05, 4.69) is 34.9 Å². The van der Waals surface area contributed by atoms with Crippen LogP contribution in [0.1, 0.15) is 53.2 Å². The molecule has 0 aliphatic carbocycles. The summed E-state index contributed by atoms with van der Waals surface area (Å²) in [4.78, 5) is 12.0. The van der Waals surface area contributed by atoms with Crippen LogP contribution >= 0.6 is 15.9 Å². The van der Waals surface area contributed by atoms with Gasteiger partial charge in [-0.25, -0.2) is 9.31 Å². The molecule has 1 aromatic carbocycles. The summed E-state index contributed by atoms with van der Waals surface area (Å²) >= 11 is 3.43. The minimum absolute atomic E-state index is 0.191. The molecular formula is C19H19BrN2O2. The first kappa shape index (κ1) is 16.7. The Labute approximate surface area is 149 Å². The standard InChI is InChI=1S/C19H19BrN2O2/c1-3-12(2)16-8-9-22-18(17(16)19(23)24)14(11-21-22)10-13-4-6-15(20)7-5-13/h4-9,11-12H,3,10H2,1-2H3,(H,23,24). The molecule has 3 aromatic rings. The fraction of sp³-hybridized carbons (Fsp3) is 0.263. The van der Waals surface area contributed by atoms with Gasteiger partial charge in [0.05, 0.1) is 17.3 Å². The molecule has 1 N–H and O–H groups in total. The number of nitrogens with zero attached hydrogens (tertiary/aromatic N) is 2. The first-order valence-electron chi connectivity index (χ1n) is 7.98. The lowest BCUT2D eigenvalue weighted by atomic mass is 9.92. The number of benzene rings is 1. The Morgan fingerprint density at radius 3 is 2.62 bits per heavy atom. The summed E-state index contributed by atoms with van der Waals surface area (Å²) in [5, 5.41) is 14.2. The van der Waals surface area contributed by atoms with E-state index < -0.39 is 5.97 Å². The van der Waals surface area contributed by atoms with Gasteiger partial charge in [0.2, 0.25) is 0 Å². The summed E-state index contributed by atoms with van der Waals surface area (Å²) in [6, 6.07) is 9.92. The molecule has 2 aromatic heterocycles. The highest BCUT2D eigenvalue weighted by Crippen LogP contribution is 2.29. The van der Waals surface area contributed by atoms with E-state index in [9.17, 15) is 9.90 Å². The Bertz CT molecular complexity index is 884. The molecule has 0 spiro atoms. The van der Waals surface area contributed by atoms with Gasteiger partial charge in [-0.1, -0.05) is 41.9 Å². The molecule has 4 nitrogen and oxygen atoms in total. The molecule has 1 unspecified atom stereocenters.